The highest BCUT2D eigenvalue weighted by atomic mass is 35.5. The molecule has 3 aromatic rings. The molecule has 2 aromatic heterocycles. The molecule has 2 N–H and O–H groups in total. The lowest BCUT2D eigenvalue weighted by Crippen LogP contribution is -2.30. The molecule has 0 aliphatic rings. The fourth-order valence-electron chi connectivity index (χ4n) is 2.41. The molecule has 1 atom stereocenters. The molecule has 0 saturated carbocycles. The summed E-state index contributed by atoms with van der Waals surface area (Å²) < 4.78 is 10.6. The van der Waals surface area contributed by atoms with Crippen LogP contribution >= 0.6 is 23.2 Å². The van der Waals surface area contributed by atoms with Gasteiger partial charge in [-0.15, -0.1) is 0 Å². The van der Waals surface area contributed by atoms with Crippen molar-refractivity contribution in [2.75, 3.05) is 10.6 Å². The number of nitrogens with zero attached hydrogens (tertiary/aromatic N) is 1. The molecule has 0 radical (unpaired) electrons. The Kier molecular flexibility index (Phi) is 6.74. The Morgan fingerprint density at radius 1 is 1.21 bits per heavy atom. The highest BCUT2D eigenvalue weighted by Gasteiger charge is 2.22. The van der Waals surface area contributed by atoms with Gasteiger partial charge in [0.05, 0.1) is 28.4 Å². The minimum atomic E-state index is -1.07. The van der Waals surface area contributed by atoms with E-state index in [1.54, 1.807) is 36.6 Å². The number of esters is 1. The molecule has 0 saturated heterocycles. The summed E-state index contributed by atoms with van der Waals surface area (Å²) in [6.07, 6.45) is 1.84. The first kappa shape index (κ1) is 20.7. The van der Waals surface area contributed by atoms with Gasteiger partial charge in [0.1, 0.15) is 5.76 Å². The third kappa shape index (κ3) is 5.49. The SMILES string of the molecule is C[C@@H](OC(=O)c1ccccc1NCc1ccco1)C(=O)Nc1ncc(Cl)cc1Cl. The molecule has 9 heteroatoms. The van der Waals surface area contributed by atoms with E-state index < -0.39 is 18.0 Å². The van der Waals surface area contributed by atoms with Crippen molar-refractivity contribution >= 4 is 46.6 Å². The van der Waals surface area contributed by atoms with E-state index in [4.69, 9.17) is 32.4 Å². The fourth-order valence-corrected chi connectivity index (χ4v) is 2.84. The zero-order valence-electron chi connectivity index (χ0n) is 15.3. The molecule has 0 unspecified atom stereocenters. The number of halogens is 2. The van der Waals surface area contributed by atoms with Gasteiger partial charge in [0.25, 0.3) is 5.91 Å². The van der Waals surface area contributed by atoms with E-state index >= 15 is 0 Å². The standard InChI is InChI=1S/C20H17Cl2N3O4/c1-12(19(26)25-18-16(22)9-13(21)10-24-18)29-20(27)15-6-2-3-7-17(15)23-11-14-5-4-8-28-14/h2-10,12,23H,11H2,1H3,(H,24,25,26)/t12-/m1/s1. The van der Waals surface area contributed by atoms with Crippen LogP contribution in [0.5, 0.6) is 0 Å². The minimum absolute atomic E-state index is 0.129. The summed E-state index contributed by atoms with van der Waals surface area (Å²) in [5.74, 6) is -0.376. The average molecular weight is 434 g/mol. The second-order valence-corrected chi connectivity index (χ2v) is 6.84. The van der Waals surface area contributed by atoms with E-state index in [1.807, 2.05) is 6.07 Å². The van der Waals surface area contributed by atoms with Gasteiger partial charge in [0, 0.05) is 11.9 Å². The summed E-state index contributed by atoms with van der Waals surface area (Å²) in [6.45, 7) is 1.85. The van der Waals surface area contributed by atoms with Gasteiger partial charge in [0.2, 0.25) is 0 Å². The third-order valence-electron chi connectivity index (χ3n) is 3.88. The van der Waals surface area contributed by atoms with Gasteiger partial charge in [-0.2, -0.15) is 0 Å². The van der Waals surface area contributed by atoms with Crippen LogP contribution in [0.1, 0.15) is 23.0 Å². The number of nitrogens with one attached hydrogen (secondary N) is 2. The number of carbonyl (C=O) groups is 2. The number of aromatic nitrogens is 1. The molecule has 2 heterocycles. The maximum absolute atomic E-state index is 12.6. The summed E-state index contributed by atoms with van der Waals surface area (Å²) in [7, 11) is 0. The van der Waals surface area contributed by atoms with Gasteiger partial charge in [-0.1, -0.05) is 35.3 Å². The first-order valence-electron chi connectivity index (χ1n) is 8.62. The second-order valence-electron chi connectivity index (χ2n) is 6.00. The largest absolute Gasteiger partial charge is 0.467 e. The summed E-state index contributed by atoms with van der Waals surface area (Å²) in [4.78, 5) is 28.9. The first-order chi connectivity index (χ1) is 13.9. The number of ether oxygens (including phenoxy) is 1. The molecular weight excluding hydrogens is 417 g/mol. The lowest BCUT2D eigenvalue weighted by Gasteiger charge is -2.15. The fraction of sp³-hybridized carbons (Fsp3) is 0.150. The van der Waals surface area contributed by atoms with Crippen LogP contribution in [0, 0.1) is 0 Å². The molecule has 0 fully saturated rings. The topological polar surface area (TPSA) is 93.5 Å². The number of para-hydroxylation sites is 1. The van der Waals surface area contributed by atoms with Crippen molar-refractivity contribution in [3.05, 3.63) is 76.3 Å². The monoisotopic (exact) mass is 433 g/mol. The number of hydrogen-bond donors (Lipinski definition) is 2. The third-order valence-corrected chi connectivity index (χ3v) is 4.38. The van der Waals surface area contributed by atoms with Gasteiger partial charge in [-0.25, -0.2) is 9.78 Å². The van der Waals surface area contributed by atoms with Gasteiger partial charge in [-0.05, 0) is 37.3 Å². The van der Waals surface area contributed by atoms with Gasteiger partial charge in [0.15, 0.2) is 11.9 Å². The molecular formula is C20H17Cl2N3O4. The predicted molar refractivity (Wildman–Crippen MR) is 110 cm³/mol. The van der Waals surface area contributed by atoms with Crippen molar-refractivity contribution in [2.45, 2.75) is 19.6 Å². The van der Waals surface area contributed by atoms with Crippen LogP contribution in [0.15, 0.2) is 59.3 Å². The molecule has 0 spiro atoms. The Bertz CT molecular complexity index is 1010. The predicted octanol–water partition coefficient (Wildman–Crippen LogP) is 4.78. The summed E-state index contributed by atoms with van der Waals surface area (Å²) in [5.41, 5.74) is 0.852. The van der Waals surface area contributed by atoms with E-state index in [2.05, 4.69) is 15.6 Å². The van der Waals surface area contributed by atoms with Crippen molar-refractivity contribution in [2.24, 2.45) is 0 Å². The quantitative estimate of drug-likeness (QED) is 0.520. The number of amides is 1. The Hall–Kier alpha value is -3.03. The lowest BCUT2D eigenvalue weighted by atomic mass is 10.1. The van der Waals surface area contributed by atoms with E-state index in [9.17, 15) is 9.59 Å². The molecule has 0 aliphatic carbocycles. The van der Waals surface area contributed by atoms with Crippen LogP contribution in [0.3, 0.4) is 0 Å². The molecule has 1 aromatic carbocycles. The molecule has 0 bridgehead atoms. The van der Waals surface area contributed by atoms with Crippen LogP contribution in [-0.4, -0.2) is 23.0 Å². The molecule has 29 heavy (non-hydrogen) atoms. The number of anilines is 2. The number of carbonyl (C=O) groups excluding carboxylic acids is 2. The molecule has 150 valence electrons. The summed E-state index contributed by atoms with van der Waals surface area (Å²) >= 11 is 11.8. The van der Waals surface area contributed by atoms with Crippen molar-refractivity contribution in [1.29, 1.82) is 0 Å². The van der Waals surface area contributed by atoms with E-state index in [0.717, 1.165) is 0 Å². The van der Waals surface area contributed by atoms with Crippen LogP contribution in [-0.2, 0) is 16.1 Å². The van der Waals surface area contributed by atoms with Gasteiger partial charge in [-0.3, -0.25) is 4.79 Å². The van der Waals surface area contributed by atoms with Crippen molar-refractivity contribution < 1.29 is 18.7 Å². The highest BCUT2D eigenvalue weighted by Crippen LogP contribution is 2.23. The van der Waals surface area contributed by atoms with E-state index in [1.165, 1.54) is 19.2 Å². The van der Waals surface area contributed by atoms with Gasteiger partial charge < -0.3 is 19.8 Å². The second kappa shape index (κ2) is 9.45. The Balaban J connectivity index is 1.63. The van der Waals surface area contributed by atoms with Crippen molar-refractivity contribution in [1.82, 2.24) is 4.98 Å². The Morgan fingerprint density at radius 3 is 2.72 bits per heavy atom. The molecule has 1 amide bonds. The Morgan fingerprint density at radius 2 is 2.00 bits per heavy atom. The zero-order valence-corrected chi connectivity index (χ0v) is 16.8. The normalized spacial score (nSPS) is 11.6. The highest BCUT2D eigenvalue weighted by molar-refractivity contribution is 6.36. The minimum Gasteiger partial charge on any atom is -0.467 e. The molecule has 7 nitrogen and oxygen atoms in total. The summed E-state index contributed by atoms with van der Waals surface area (Å²) in [5, 5.41) is 6.14. The van der Waals surface area contributed by atoms with Crippen LogP contribution < -0.4 is 10.6 Å². The molecule has 0 aliphatic heterocycles. The van der Waals surface area contributed by atoms with E-state index in [-0.39, 0.29) is 10.8 Å². The number of furan rings is 1. The first-order valence-corrected chi connectivity index (χ1v) is 9.38. The number of rotatable bonds is 7. The van der Waals surface area contributed by atoms with Crippen molar-refractivity contribution in [3.8, 4) is 0 Å². The Labute approximate surface area is 177 Å². The number of pyridine rings is 1. The lowest BCUT2D eigenvalue weighted by molar-refractivity contribution is -0.123. The maximum atomic E-state index is 12.6. The smallest absolute Gasteiger partial charge is 0.341 e. The van der Waals surface area contributed by atoms with Crippen LogP contribution in [0.4, 0.5) is 11.5 Å². The van der Waals surface area contributed by atoms with Crippen LogP contribution in [0.2, 0.25) is 10.0 Å². The maximum Gasteiger partial charge on any atom is 0.341 e. The van der Waals surface area contributed by atoms with Crippen LogP contribution in [0.25, 0.3) is 0 Å². The van der Waals surface area contributed by atoms with E-state index in [0.29, 0.717) is 28.6 Å². The average Bonchev–Trinajstić information content (AvgIpc) is 3.22. The number of benzene rings is 1. The molecule has 3 rings (SSSR count). The zero-order chi connectivity index (χ0) is 20.8. The summed E-state index contributed by atoms with van der Waals surface area (Å²) in [6, 6.07) is 11.9. The number of hydrogen-bond acceptors (Lipinski definition) is 6. The van der Waals surface area contributed by atoms with Crippen molar-refractivity contribution in [3.63, 3.8) is 0 Å². The van der Waals surface area contributed by atoms with Gasteiger partial charge >= 0.3 is 5.97 Å².